The van der Waals surface area contributed by atoms with Crippen LogP contribution in [0.2, 0.25) is 0 Å². The molecule has 0 atom stereocenters. The van der Waals surface area contributed by atoms with Gasteiger partial charge in [-0.1, -0.05) is 49.8 Å². The third-order valence-corrected chi connectivity index (χ3v) is 6.52. The molecule has 0 nitrogen and oxygen atoms in total. The average molecular weight is 421 g/mol. The van der Waals surface area contributed by atoms with Gasteiger partial charge in [0.2, 0.25) is 0 Å². The first-order valence-corrected chi connectivity index (χ1v) is 11.8. The number of unbranched alkanes of at least 4 members (excludes halogenated alkanes) is 2. The van der Waals surface area contributed by atoms with Crippen LogP contribution in [0.3, 0.4) is 0 Å². The molecule has 0 bridgehead atoms. The minimum atomic E-state index is -0.549. The number of aryl methyl sites for hydroxylation is 1. The molecule has 1 aliphatic carbocycles. The van der Waals surface area contributed by atoms with E-state index in [-0.39, 0.29) is 11.5 Å². The quantitative estimate of drug-likeness (QED) is 0.229. The minimum absolute atomic E-state index is 0.129. The molecule has 0 aliphatic heterocycles. The summed E-state index contributed by atoms with van der Waals surface area (Å²) >= 11 is 0. The van der Waals surface area contributed by atoms with Gasteiger partial charge in [0.15, 0.2) is 0 Å². The van der Waals surface area contributed by atoms with Crippen LogP contribution in [0.4, 0.5) is 8.78 Å². The summed E-state index contributed by atoms with van der Waals surface area (Å²) in [5.74, 6) is 5.50. The lowest BCUT2D eigenvalue weighted by Crippen LogP contribution is -2.14. The van der Waals surface area contributed by atoms with E-state index in [9.17, 15) is 8.78 Å². The van der Waals surface area contributed by atoms with Crippen molar-refractivity contribution < 1.29 is 8.78 Å². The molecule has 1 saturated carbocycles. The Labute approximate surface area is 186 Å². The second kappa shape index (κ2) is 11.8. The van der Waals surface area contributed by atoms with E-state index < -0.39 is 11.6 Å². The number of hydrogen-bond acceptors (Lipinski definition) is 0. The summed E-state index contributed by atoms with van der Waals surface area (Å²) in [6.07, 6.45) is 13.1. The molecule has 0 radical (unpaired) electrons. The normalized spacial score (nSPS) is 18.3. The van der Waals surface area contributed by atoms with Crippen molar-refractivity contribution in [2.45, 2.75) is 77.0 Å². The fourth-order valence-electron chi connectivity index (χ4n) is 4.55. The molecule has 1 aliphatic rings. The molecule has 31 heavy (non-hydrogen) atoms. The minimum Gasteiger partial charge on any atom is -0.206 e. The Balaban J connectivity index is 1.64. The Bertz CT molecular complexity index is 883. The third kappa shape index (κ3) is 6.79. The van der Waals surface area contributed by atoms with Crippen LogP contribution in [0.15, 0.2) is 49.1 Å². The molecular formula is C29H34F2. The molecule has 0 spiro atoms. The molecule has 0 heterocycles. The van der Waals surface area contributed by atoms with Crippen LogP contribution in [0, 0.1) is 29.4 Å². The summed E-state index contributed by atoms with van der Waals surface area (Å²) in [6.45, 7) is 5.99. The highest BCUT2D eigenvalue weighted by Crippen LogP contribution is 2.38. The Kier molecular flexibility index (Phi) is 8.89. The van der Waals surface area contributed by atoms with Crippen LogP contribution in [0.5, 0.6) is 0 Å². The fraction of sp³-hybridized carbons (Fsp3) is 0.448. The number of rotatable bonds is 8. The zero-order chi connectivity index (χ0) is 22.1. The first kappa shape index (κ1) is 23.3. The molecule has 0 N–H and O–H groups in total. The lowest BCUT2D eigenvalue weighted by atomic mass is 9.77. The number of hydrogen-bond donors (Lipinski definition) is 0. The van der Waals surface area contributed by atoms with Crippen molar-refractivity contribution in [3.63, 3.8) is 0 Å². The topological polar surface area (TPSA) is 0 Å². The Morgan fingerprint density at radius 2 is 1.65 bits per heavy atom. The van der Waals surface area contributed by atoms with E-state index >= 15 is 0 Å². The zero-order valence-corrected chi connectivity index (χ0v) is 18.7. The van der Waals surface area contributed by atoms with Crippen molar-refractivity contribution >= 4 is 0 Å². The molecule has 2 aromatic carbocycles. The molecule has 3 rings (SSSR count). The van der Waals surface area contributed by atoms with Crippen LogP contribution in [0.1, 0.15) is 92.9 Å². The molecule has 2 heteroatoms. The van der Waals surface area contributed by atoms with Gasteiger partial charge < -0.3 is 0 Å². The van der Waals surface area contributed by atoms with Crippen LogP contribution >= 0.6 is 0 Å². The lowest BCUT2D eigenvalue weighted by molar-refractivity contribution is 0.311. The zero-order valence-electron chi connectivity index (χ0n) is 18.7. The van der Waals surface area contributed by atoms with Gasteiger partial charge >= 0.3 is 0 Å². The molecule has 0 saturated heterocycles. The van der Waals surface area contributed by atoms with E-state index in [4.69, 9.17) is 0 Å². The van der Waals surface area contributed by atoms with E-state index in [0.717, 1.165) is 49.7 Å². The maximum Gasteiger partial charge on any atom is 0.142 e. The summed E-state index contributed by atoms with van der Waals surface area (Å²) < 4.78 is 29.4. The van der Waals surface area contributed by atoms with Gasteiger partial charge in [-0.05, 0) is 98.6 Å². The average Bonchev–Trinajstić information content (AvgIpc) is 2.78. The molecule has 164 valence electrons. The predicted octanol–water partition coefficient (Wildman–Crippen LogP) is 8.34. The summed E-state index contributed by atoms with van der Waals surface area (Å²) in [5.41, 5.74) is 2.70. The van der Waals surface area contributed by atoms with Crippen molar-refractivity contribution in [3.05, 3.63) is 82.9 Å². The summed E-state index contributed by atoms with van der Waals surface area (Å²) in [4.78, 5) is 0. The van der Waals surface area contributed by atoms with Crippen molar-refractivity contribution in [1.82, 2.24) is 0 Å². The highest BCUT2D eigenvalue weighted by Gasteiger charge is 2.23. The van der Waals surface area contributed by atoms with Crippen LogP contribution in [-0.2, 0) is 6.42 Å². The Hall–Kier alpha value is -2.40. The van der Waals surface area contributed by atoms with E-state index in [1.54, 1.807) is 0 Å². The van der Waals surface area contributed by atoms with Gasteiger partial charge in [-0.2, -0.15) is 0 Å². The maximum absolute atomic E-state index is 14.7. The van der Waals surface area contributed by atoms with Gasteiger partial charge in [-0.25, -0.2) is 8.78 Å². The van der Waals surface area contributed by atoms with E-state index in [2.05, 4.69) is 37.5 Å². The summed E-state index contributed by atoms with van der Waals surface area (Å²) in [7, 11) is 0. The van der Waals surface area contributed by atoms with Gasteiger partial charge in [0.1, 0.15) is 11.6 Å². The Morgan fingerprint density at radius 1 is 0.968 bits per heavy atom. The first-order chi connectivity index (χ1) is 15.1. The molecular weight excluding hydrogens is 386 g/mol. The van der Waals surface area contributed by atoms with E-state index in [1.807, 2.05) is 18.2 Å². The van der Waals surface area contributed by atoms with E-state index in [0.29, 0.717) is 5.92 Å². The lowest BCUT2D eigenvalue weighted by Gasteiger charge is -2.28. The van der Waals surface area contributed by atoms with Crippen LogP contribution < -0.4 is 0 Å². The van der Waals surface area contributed by atoms with Crippen LogP contribution in [0.25, 0.3) is 0 Å². The van der Waals surface area contributed by atoms with Gasteiger partial charge in [0.05, 0.1) is 5.56 Å². The second-order valence-corrected chi connectivity index (χ2v) is 8.85. The van der Waals surface area contributed by atoms with Gasteiger partial charge in [0.25, 0.3) is 0 Å². The molecule has 0 aromatic heterocycles. The fourth-order valence-corrected chi connectivity index (χ4v) is 4.55. The molecule has 2 aromatic rings. The standard InChI is InChI=1S/C29H34F2/c1-3-5-7-9-23-10-12-24(13-11-23)16-19-27-28(30)20-26(21-29(27)31)25-17-14-22(15-18-25)8-6-4-2/h4,10-13,20-22,25H,2-3,5-9,14-15,17-18H2,1H3. The van der Waals surface area contributed by atoms with Crippen molar-refractivity contribution in [2.75, 3.05) is 0 Å². The first-order valence-electron chi connectivity index (χ1n) is 11.8. The van der Waals surface area contributed by atoms with Crippen molar-refractivity contribution in [1.29, 1.82) is 0 Å². The number of benzene rings is 2. The summed E-state index contributed by atoms with van der Waals surface area (Å²) in [6, 6.07) is 11.0. The highest BCUT2D eigenvalue weighted by atomic mass is 19.1. The van der Waals surface area contributed by atoms with E-state index in [1.165, 1.54) is 43.4 Å². The molecule has 0 unspecified atom stereocenters. The largest absolute Gasteiger partial charge is 0.206 e. The van der Waals surface area contributed by atoms with Gasteiger partial charge in [-0.15, -0.1) is 6.58 Å². The number of halogens is 2. The van der Waals surface area contributed by atoms with Crippen LogP contribution in [-0.4, -0.2) is 0 Å². The molecule has 0 amide bonds. The highest BCUT2D eigenvalue weighted by molar-refractivity contribution is 5.46. The third-order valence-electron chi connectivity index (χ3n) is 6.52. The maximum atomic E-state index is 14.7. The predicted molar refractivity (Wildman–Crippen MR) is 126 cm³/mol. The van der Waals surface area contributed by atoms with Crippen molar-refractivity contribution in [2.24, 2.45) is 5.92 Å². The van der Waals surface area contributed by atoms with Gasteiger partial charge in [0, 0.05) is 5.56 Å². The second-order valence-electron chi connectivity index (χ2n) is 8.85. The van der Waals surface area contributed by atoms with Crippen molar-refractivity contribution in [3.8, 4) is 11.8 Å². The molecule has 1 fully saturated rings. The van der Waals surface area contributed by atoms with Gasteiger partial charge in [-0.3, -0.25) is 0 Å². The number of allylic oxidation sites excluding steroid dienone is 1. The summed E-state index contributed by atoms with van der Waals surface area (Å²) in [5, 5.41) is 0. The Morgan fingerprint density at radius 3 is 2.26 bits per heavy atom. The monoisotopic (exact) mass is 420 g/mol. The SMILES string of the molecule is C=CCCC1CCC(c2cc(F)c(C#Cc3ccc(CCCCC)cc3)c(F)c2)CC1. The smallest absolute Gasteiger partial charge is 0.142 e.